The van der Waals surface area contributed by atoms with Crippen LogP contribution in [-0.4, -0.2) is 23.8 Å². The van der Waals surface area contributed by atoms with Crippen molar-refractivity contribution in [3.63, 3.8) is 0 Å². The molecule has 1 aliphatic rings. The van der Waals surface area contributed by atoms with Gasteiger partial charge in [-0.1, -0.05) is 59.9 Å². The Hall–Kier alpha value is -3.22. The van der Waals surface area contributed by atoms with Crippen molar-refractivity contribution in [3.05, 3.63) is 95.4 Å². The summed E-state index contributed by atoms with van der Waals surface area (Å²) >= 11 is 2.68. The zero-order chi connectivity index (χ0) is 21.8. The average molecular weight is 447 g/mol. The molecule has 0 amide bonds. The second-order valence-electron chi connectivity index (χ2n) is 6.65. The highest BCUT2D eigenvalue weighted by Gasteiger charge is 2.25. The number of hydrogen-bond acceptors (Lipinski definition) is 6. The monoisotopic (exact) mass is 446 g/mol. The number of aromatic hydroxyl groups is 1. The third-order valence-corrected chi connectivity index (χ3v) is 6.65. The van der Waals surface area contributed by atoms with Crippen LogP contribution in [0.3, 0.4) is 0 Å². The van der Waals surface area contributed by atoms with Crippen molar-refractivity contribution < 1.29 is 19.4 Å². The van der Waals surface area contributed by atoms with Crippen LogP contribution in [0.4, 0.5) is 0 Å². The lowest BCUT2D eigenvalue weighted by molar-refractivity contribution is -0.113. The molecule has 4 rings (SSSR count). The number of rotatable bonds is 6. The summed E-state index contributed by atoms with van der Waals surface area (Å²) in [5.41, 5.74) is 0.419. The third-order valence-electron chi connectivity index (χ3n) is 4.56. The van der Waals surface area contributed by atoms with E-state index < -0.39 is 0 Å². The van der Waals surface area contributed by atoms with Gasteiger partial charge in [0, 0.05) is 27.0 Å². The summed E-state index contributed by atoms with van der Waals surface area (Å²) in [6.07, 6.45) is 2.61. The fraction of sp³-hybridized carbons (Fsp3) is 0.0400. The molecule has 0 aromatic heterocycles. The van der Waals surface area contributed by atoms with Gasteiger partial charge in [0.1, 0.15) is 11.5 Å². The Morgan fingerprint density at radius 1 is 0.774 bits per heavy atom. The number of allylic oxidation sites excluding steroid dienone is 4. The van der Waals surface area contributed by atoms with E-state index >= 15 is 0 Å². The van der Waals surface area contributed by atoms with Crippen molar-refractivity contribution in [2.75, 3.05) is 7.11 Å². The molecule has 4 nitrogen and oxygen atoms in total. The molecular formula is C25H18O4S2. The van der Waals surface area contributed by atoms with Crippen molar-refractivity contribution >= 4 is 40.7 Å². The van der Waals surface area contributed by atoms with Gasteiger partial charge in [-0.15, -0.1) is 0 Å². The summed E-state index contributed by atoms with van der Waals surface area (Å²) in [5.74, 6) is -0.182. The molecule has 0 saturated carbocycles. The largest absolute Gasteiger partial charge is 0.507 e. The molecule has 154 valence electrons. The number of methoxy groups -OCH3 is 1. The van der Waals surface area contributed by atoms with E-state index in [0.29, 0.717) is 15.6 Å². The molecular weight excluding hydrogens is 428 g/mol. The van der Waals surface area contributed by atoms with Crippen LogP contribution in [0.25, 0.3) is 5.57 Å². The van der Waals surface area contributed by atoms with Gasteiger partial charge in [0.15, 0.2) is 11.6 Å². The van der Waals surface area contributed by atoms with Gasteiger partial charge in [-0.25, -0.2) is 0 Å². The number of carbonyl (C=O) groups excluding carboxylic acids is 2. The van der Waals surface area contributed by atoms with Gasteiger partial charge in [-0.3, -0.25) is 9.59 Å². The second-order valence-corrected chi connectivity index (χ2v) is 8.88. The van der Waals surface area contributed by atoms with Gasteiger partial charge in [0.05, 0.1) is 16.9 Å². The first-order valence-corrected chi connectivity index (χ1v) is 11.1. The number of thioether (sulfide) groups is 1. The van der Waals surface area contributed by atoms with Crippen molar-refractivity contribution in [2.24, 2.45) is 0 Å². The molecule has 0 heterocycles. The number of phenols is 1. The van der Waals surface area contributed by atoms with Crippen LogP contribution in [0, 0.1) is 0 Å². The van der Waals surface area contributed by atoms with Gasteiger partial charge in [-0.05, 0) is 42.5 Å². The molecule has 0 atom stereocenters. The van der Waals surface area contributed by atoms with Gasteiger partial charge in [0.25, 0.3) is 0 Å². The molecule has 3 aromatic carbocycles. The first-order chi connectivity index (χ1) is 15.0. The van der Waals surface area contributed by atoms with Crippen molar-refractivity contribution in [1.82, 2.24) is 0 Å². The highest BCUT2D eigenvalue weighted by atomic mass is 32.2. The Morgan fingerprint density at radius 2 is 1.39 bits per heavy atom. The summed E-state index contributed by atoms with van der Waals surface area (Å²) in [7, 11) is 1.53. The summed E-state index contributed by atoms with van der Waals surface area (Å²) in [4.78, 5) is 28.4. The molecule has 0 aliphatic heterocycles. The lowest BCUT2D eigenvalue weighted by Crippen LogP contribution is -2.11. The minimum atomic E-state index is -0.334. The van der Waals surface area contributed by atoms with E-state index in [9.17, 15) is 14.7 Å². The zero-order valence-electron chi connectivity index (χ0n) is 16.6. The second kappa shape index (κ2) is 9.29. The Kier molecular flexibility index (Phi) is 6.30. The maximum absolute atomic E-state index is 12.8. The fourth-order valence-corrected chi connectivity index (χ4v) is 4.90. The number of hydrogen-bond donors (Lipinski definition) is 1. The average Bonchev–Trinajstić information content (AvgIpc) is 2.78. The lowest BCUT2D eigenvalue weighted by Gasteiger charge is -2.16. The lowest BCUT2D eigenvalue weighted by atomic mass is 9.95. The fourth-order valence-electron chi connectivity index (χ4n) is 3.07. The standard InChI is InChI=1S/C25H18O4S2/c1-29-23-13-19(21(27)15-25(23)31-17-10-6-3-7-11-17)18-12-22(28)24(14-20(18)26)30-16-8-4-2-5-9-16/h2-15,27H,1H3. The van der Waals surface area contributed by atoms with E-state index in [1.807, 2.05) is 60.7 Å². The minimum Gasteiger partial charge on any atom is -0.507 e. The quantitative estimate of drug-likeness (QED) is 0.486. The smallest absolute Gasteiger partial charge is 0.193 e. The minimum absolute atomic E-state index is 0.0841. The number of ether oxygens (including phenoxy) is 1. The number of benzene rings is 3. The predicted octanol–water partition coefficient (Wildman–Crippen LogP) is 5.76. The first-order valence-electron chi connectivity index (χ1n) is 9.44. The van der Waals surface area contributed by atoms with Gasteiger partial charge in [0.2, 0.25) is 0 Å². The van der Waals surface area contributed by atoms with Crippen LogP contribution in [0.15, 0.2) is 105 Å². The van der Waals surface area contributed by atoms with E-state index in [2.05, 4.69) is 0 Å². The van der Waals surface area contributed by atoms with E-state index in [0.717, 1.165) is 9.79 Å². The Bertz CT molecular complexity index is 1200. The maximum atomic E-state index is 12.8. The zero-order valence-corrected chi connectivity index (χ0v) is 18.2. The summed E-state index contributed by atoms with van der Waals surface area (Å²) < 4.78 is 5.49. The number of carbonyl (C=O) groups is 2. The maximum Gasteiger partial charge on any atom is 0.193 e. The molecule has 0 unspecified atom stereocenters. The summed E-state index contributed by atoms with van der Waals surface area (Å²) in [5, 5.41) is 10.6. The van der Waals surface area contributed by atoms with Crippen molar-refractivity contribution in [2.45, 2.75) is 14.7 Å². The van der Waals surface area contributed by atoms with E-state index in [4.69, 9.17) is 4.74 Å². The molecule has 0 radical (unpaired) electrons. The first kappa shape index (κ1) is 21.0. The van der Waals surface area contributed by atoms with Crippen molar-refractivity contribution in [1.29, 1.82) is 0 Å². The highest BCUT2D eigenvalue weighted by Crippen LogP contribution is 2.42. The van der Waals surface area contributed by atoms with E-state index in [-0.39, 0.29) is 28.5 Å². The van der Waals surface area contributed by atoms with Gasteiger partial charge < -0.3 is 9.84 Å². The summed E-state index contributed by atoms with van der Waals surface area (Å²) in [6.45, 7) is 0. The third kappa shape index (κ3) is 4.76. The molecule has 0 saturated heterocycles. The predicted molar refractivity (Wildman–Crippen MR) is 124 cm³/mol. The van der Waals surface area contributed by atoms with Crippen LogP contribution < -0.4 is 4.74 Å². The molecule has 1 aliphatic carbocycles. The molecule has 6 heteroatoms. The van der Waals surface area contributed by atoms with Gasteiger partial charge >= 0.3 is 0 Å². The van der Waals surface area contributed by atoms with Gasteiger partial charge in [-0.2, -0.15) is 0 Å². The van der Waals surface area contributed by atoms with Crippen LogP contribution in [0.2, 0.25) is 0 Å². The normalized spacial score (nSPS) is 13.6. The molecule has 0 fully saturated rings. The van der Waals surface area contributed by atoms with Crippen LogP contribution in [0.1, 0.15) is 5.56 Å². The van der Waals surface area contributed by atoms with Crippen LogP contribution >= 0.6 is 23.5 Å². The molecule has 31 heavy (non-hydrogen) atoms. The Balaban J connectivity index is 1.63. The Labute approximate surface area is 188 Å². The van der Waals surface area contributed by atoms with E-state index in [1.54, 1.807) is 12.1 Å². The highest BCUT2D eigenvalue weighted by molar-refractivity contribution is 8.04. The molecule has 3 aromatic rings. The molecule has 0 spiro atoms. The molecule has 1 N–H and O–H groups in total. The van der Waals surface area contributed by atoms with Crippen molar-refractivity contribution in [3.8, 4) is 11.5 Å². The van der Waals surface area contributed by atoms with Crippen LogP contribution in [0.5, 0.6) is 11.5 Å². The van der Waals surface area contributed by atoms with Crippen LogP contribution in [-0.2, 0) is 9.59 Å². The van der Waals surface area contributed by atoms with E-state index in [1.165, 1.54) is 42.8 Å². The number of phenolic OH excluding ortho intramolecular Hbond substituents is 1. The molecule has 0 bridgehead atoms. The topological polar surface area (TPSA) is 63.6 Å². The Morgan fingerprint density at radius 3 is 2.00 bits per heavy atom. The summed E-state index contributed by atoms with van der Waals surface area (Å²) in [6, 6.07) is 22.2. The SMILES string of the molecule is COc1cc(C2=CC(=O)C(Sc3ccccc3)=CC2=O)c(O)cc1Sc1ccccc1. The number of ketones is 2.